The Morgan fingerprint density at radius 2 is 2.25 bits per heavy atom. The fraction of sp³-hybridized carbons (Fsp3) is 0.571. The number of halogens is 1. The second-order valence-corrected chi connectivity index (χ2v) is 7.63. The molecule has 4 nitrogen and oxygen atoms in total. The maximum atomic E-state index is 13.1. The highest BCUT2D eigenvalue weighted by atomic mass is 35.5. The van der Waals surface area contributed by atoms with Crippen LogP contribution in [-0.4, -0.2) is 33.2 Å². The van der Waals surface area contributed by atoms with E-state index < -0.39 is 21.8 Å². The molecule has 2 heterocycles. The van der Waals surface area contributed by atoms with E-state index >= 15 is 0 Å². The van der Waals surface area contributed by atoms with Crippen molar-refractivity contribution in [1.82, 2.24) is 0 Å². The van der Waals surface area contributed by atoms with Gasteiger partial charge in [0.15, 0.2) is 12.1 Å². The Morgan fingerprint density at radius 3 is 2.90 bits per heavy atom. The van der Waals surface area contributed by atoms with Crippen LogP contribution in [0, 0.1) is 5.21 Å². The van der Waals surface area contributed by atoms with Crippen LogP contribution in [0.15, 0.2) is 18.2 Å². The van der Waals surface area contributed by atoms with Crippen molar-refractivity contribution in [3.63, 3.8) is 0 Å². The fourth-order valence-electron chi connectivity index (χ4n) is 2.95. The van der Waals surface area contributed by atoms with Gasteiger partial charge in [0.05, 0.1) is 29.8 Å². The molecule has 2 aliphatic rings. The number of rotatable bonds is 1. The third-order valence-corrected chi connectivity index (χ3v) is 5.58. The van der Waals surface area contributed by atoms with Crippen molar-refractivity contribution in [2.45, 2.75) is 38.0 Å². The third kappa shape index (κ3) is 2.22. The van der Waals surface area contributed by atoms with E-state index in [1.807, 2.05) is 13.8 Å². The Morgan fingerprint density at radius 1 is 1.50 bits per heavy atom. The quantitative estimate of drug-likeness (QED) is 0.491. The number of nitrogens with zero attached hydrogens (tertiary/aromatic N) is 1. The summed E-state index contributed by atoms with van der Waals surface area (Å²) in [6, 6.07) is 4.72. The molecule has 6 heteroatoms. The van der Waals surface area contributed by atoms with Crippen LogP contribution < -0.4 is 4.74 Å². The van der Waals surface area contributed by atoms with Gasteiger partial charge in [0.25, 0.3) is 0 Å². The lowest BCUT2D eigenvalue weighted by Gasteiger charge is -2.51. The minimum Gasteiger partial charge on any atom is -0.620 e. The standard InChI is InChI=1S/C14H18ClNO3S/c1-14(2)13(17)12(16(18)6-3-7-20-16)10-8-9(15)4-5-11(10)19-14/h4-5,8,12-13,17H,3,6-7H2,1-2H3. The molecule has 3 unspecified atom stereocenters. The highest BCUT2D eigenvalue weighted by molar-refractivity contribution is 7.94. The Kier molecular flexibility index (Phi) is 3.46. The van der Waals surface area contributed by atoms with E-state index in [4.69, 9.17) is 16.3 Å². The van der Waals surface area contributed by atoms with Gasteiger partial charge < -0.3 is 15.1 Å². The summed E-state index contributed by atoms with van der Waals surface area (Å²) in [5, 5.41) is 24.3. The molecule has 20 heavy (non-hydrogen) atoms. The van der Waals surface area contributed by atoms with Gasteiger partial charge in [-0.05, 0) is 32.0 Å². The van der Waals surface area contributed by atoms with Gasteiger partial charge in [0, 0.05) is 11.4 Å². The molecule has 0 radical (unpaired) electrons. The van der Waals surface area contributed by atoms with Crippen LogP contribution in [-0.2, 0) is 0 Å². The van der Waals surface area contributed by atoms with Crippen LogP contribution in [0.3, 0.4) is 0 Å². The minimum absolute atomic E-state index is 0.457. The van der Waals surface area contributed by atoms with E-state index in [-0.39, 0.29) is 0 Å². The summed E-state index contributed by atoms with van der Waals surface area (Å²) in [6.45, 7) is 4.14. The van der Waals surface area contributed by atoms with Gasteiger partial charge in [-0.15, -0.1) is 0 Å². The normalized spacial score (nSPS) is 35.5. The minimum atomic E-state index is -0.864. The molecule has 0 spiro atoms. The van der Waals surface area contributed by atoms with E-state index in [0.29, 0.717) is 22.9 Å². The van der Waals surface area contributed by atoms with E-state index in [9.17, 15) is 10.3 Å². The second-order valence-electron chi connectivity index (χ2n) is 5.91. The molecular formula is C14H18ClNO3S. The molecule has 3 rings (SSSR count). The summed E-state index contributed by atoms with van der Waals surface area (Å²) in [5.74, 6) is 1.47. The zero-order valence-electron chi connectivity index (χ0n) is 11.5. The predicted molar refractivity (Wildman–Crippen MR) is 80.5 cm³/mol. The van der Waals surface area contributed by atoms with Crippen molar-refractivity contribution in [2.75, 3.05) is 12.3 Å². The van der Waals surface area contributed by atoms with Crippen LogP contribution in [0.1, 0.15) is 31.9 Å². The molecule has 0 aromatic heterocycles. The maximum Gasteiger partial charge on any atom is 0.159 e. The van der Waals surface area contributed by atoms with Crippen molar-refractivity contribution in [2.24, 2.45) is 0 Å². The first-order chi connectivity index (χ1) is 9.33. The highest BCUT2D eigenvalue weighted by Crippen LogP contribution is 2.51. The van der Waals surface area contributed by atoms with Crippen LogP contribution in [0.25, 0.3) is 0 Å². The van der Waals surface area contributed by atoms with Gasteiger partial charge in [-0.2, -0.15) is 0 Å². The molecule has 2 aliphatic heterocycles. The van der Waals surface area contributed by atoms with Gasteiger partial charge in [-0.1, -0.05) is 11.6 Å². The maximum absolute atomic E-state index is 13.1. The number of ether oxygens (including phenoxy) is 1. The zero-order chi connectivity index (χ0) is 14.5. The summed E-state index contributed by atoms with van der Waals surface area (Å²) in [4.78, 5) is 0. The highest BCUT2D eigenvalue weighted by Gasteiger charge is 2.52. The molecule has 1 saturated heterocycles. The molecule has 0 amide bonds. The van der Waals surface area contributed by atoms with Gasteiger partial charge in [0.1, 0.15) is 11.4 Å². The SMILES string of the molecule is CC1(C)Oc2ccc(Cl)cc2C([N+]2([O-])CCCS2)C1O. The first kappa shape index (κ1) is 14.5. The van der Waals surface area contributed by atoms with E-state index in [2.05, 4.69) is 0 Å². The number of aliphatic hydroxyl groups is 1. The molecule has 1 aromatic carbocycles. The zero-order valence-corrected chi connectivity index (χ0v) is 13.1. The number of fused-ring (bicyclic) bond motifs is 1. The van der Waals surface area contributed by atoms with E-state index in [0.717, 1.165) is 12.2 Å². The van der Waals surface area contributed by atoms with Crippen LogP contribution in [0.2, 0.25) is 5.02 Å². The number of hydrogen-bond donors (Lipinski definition) is 1. The molecule has 3 atom stereocenters. The molecule has 0 saturated carbocycles. The van der Waals surface area contributed by atoms with Crippen LogP contribution in [0.4, 0.5) is 0 Å². The predicted octanol–water partition coefficient (Wildman–Crippen LogP) is 3.28. The first-order valence-electron chi connectivity index (χ1n) is 6.73. The molecule has 1 N–H and O–H groups in total. The molecule has 110 valence electrons. The lowest BCUT2D eigenvalue weighted by atomic mass is 9.86. The van der Waals surface area contributed by atoms with Crippen molar-refractivity contribution in [1.29, 1.82) is 0 Å². The Labute approximate surface area is 128 Å². The fourth-order valence-corrected chi connectivity index (χ4v) is 4.35. The number of aliphatic hydroxyl groups excluding tert-OH is 1. The Balaban J connectivity index is 2.13. The molecular weight excluding hydrogens is 298 g/mol. The Hall–Kier alpha value is -0.460. The Bertz CT molecular complexity index is 531. The molecule has 1 aromatic rings. The number of hydroxylamine groups is 2. The van der Waals surface area contributed by atoms with Gasteiger partial charge in [-0.3, -0.25) is 4.05 Å². The van der Waals surface area contributed by atoms with Crippen LogP contribution in [0.5, 0.6) is 5.75 Å². The van der Waals surface area contributed by atoms with Gasteiger partial charge in [0.2, 0.25) is 0 Å². The second kappa shape index (κ2) is 4.78. The smallest absolute Gasteiger partial charge is 0.159 e. The molecule has 1 fully saturated rings. The summed E-state index contributed by atoms with van der Waals surface area (Å²) < 4.78 is 5.40. The average Bonchev–Trinajstić information content (AvgIpc) is 2.79. The monoisotopic (exact) mass is 315 g/mol. The number of quaternary nitrogens is 1. The van der Waals surface area contributed by atoms with Crippen molar-refractivity contribution < 1.29 is 13.9 Å². The summed E-state index contributed by atoms with van der Waals surface area (Å²) >= 11 is 7.41. The molecule has 0 aliphatic carbocycles. The number of hydrogen-bond acceptors (Lipinski definition) is 4. The van der Waals surface area contributed by atoms with Crippen molar-refractivity contribution in [3.8, 4) is 5.75 Å². The average molecular weight is 316 g/mol. The van der Waals surface area contributed by atoms with Crippen molar-refractivity contribution >= 4 is 23.5 Å². The van der Waals surface area contributed by atoms with Gasteiger partial charge in [-0.25, -0.2) is 0 Å². The lowest BCUT2D eigenvalue weighted by molar-refractivity contribution is -0.780. The van der Waals surface area contributed by atoms with Gasteiger partial charge >= 0.3 is 0 Å². The largest absolute Gasteiger partial charge is 0.620 e. The third-order valence-electron chi connectivity index (χ3n) is 4.02. The molecule has 0 bridgehead atoms. The first-order valence-corrected chi connectivity index (χ1v) is 8.05. The number of benzene rings is 1. The summed E-state index contributed by atoms with van der Waals surface area (Å²) in [5.41, 5.74) is -0.0710. The summed E-state index contributed by atoms with van der Waals surface area (Å²) in [6.07, 6.45) is 0.00532. The topological polar surface area (TPSA) is 52.5 Å². The lowest BCUT2D eigenvalue weighted by Crippen LogP contribution is -2.56. The summed E-state index contributed by atoms with van der Waals surface area (Å²) in [7, 11) is 0. The van der Waals surface area contributed by atoms with E-state index in [1.165, 1.54) is 11.9 Å². The van der Waals surface area contributed by atoms with Crippen LogP contribution >= 0.6 is 23.5 Å². The van der Waals surface area contributed by atoms with E-state index in [1.54, 1.807) is 18.2 Å². The van der Waals surface area contributed by atoms with Crippen molar-refractivity contribution in [3.05, 3.63) is 34.0 Å².